The predicted molar refractivity (Wildman–Crippen MR) is 68.7 cm³/mol. The zero-order valence-corrected chi connectivity index (χ0v) is 10.4. The summed E-state index contributed by atoms with van der Waals surface area (Å²) in [5.74, 6) is -0.386. The van der Waals surface area contributed by atoms with E-state index in [1.54, 1.807) is 19.2 Å². The lowest BCUT2D eigenvalue weighted by Gasteiger charge is -2.17. The van der Waals surface area contributed by atoms with Gasteiger partial charge in [-0.3, -0.25) is 0 Å². The first-order valence-electron chi connectivity index (χ1n) is 5.60. The molecule has 1 aromatic rings. The summed E-state index contributed by atoms with van der Waals surface area (Å²) in [5.41, 5.74) is 6.43. The average Bonchev–Trinajstić information content (AvgIpc) is 2.32. The molecule has 0 spiro atoms. The van der Waals surface area contributed by atoms with Crippen LogP contribution in [0.4, 0.5) is 15.8 Å². The van der Waals surface area contributed by atoms with E-state index >= 15 is 0 Å². The van der Waals surface area contributed by atoms with Gasteiger partial charge in [0.05, 0.1) is 18.0 Å². The molecule has 1 rings (SSSR count). The molecule has 0 aliphatic rings. The predicted octanol–water partition coefficient (Wildman–Crippen LogP) is 1.40. The molecule has 3 N–H and O–H groups in total. The molecule has 0 aliphatic heterocycles. The first-order chi connectivity index (χ1) is 8.15. The molecule has 1 aromatic carbocycles. The molecular formula is C12H20FN3O. The fourth-order valence-corrected chi connectivity index (χ4v) is 1.43. The van der Waals surface area contributed by atoms with E-state index < -0.39 is 0 Å². The van der Waals surface area contributed by atoms with E-state index in [4.69, 9.17) is 10.5 Å². The van der Waals surface area contributed by atoms with Crippen molar-refractivity contribution in [2.45, 2.75) is 0 Å². The maximum Gasteiger partial charge on any atom is 0.148 e. The van der Waals surface area contributed by atoms with Crippen LogP contribution in [0.25, 0.3) is 0 Å². The highest BCUT2D eigenvalue weighted by Gasteiger charge is 2.03. The summed E-state index contributed by atoms with van der Waals surface area (Å²) in [7, 11) is 3.69. The van der Waals surface area contributed by atoms with Crippen molar-refractivity contribution in [1.82, 2.24) is 4.90 Å². The van der Waals surface area contributed by atoms with Crippen LogP contribution in [-0.2, 0) is 4.74 Å². The standard InChI is InChI=1S/C12H20FN3O/c1-16(8-9-17-2)7-6-15-11-5-3-4-10(13)12(11)14/h3-5,15H,6-9,14H2,1-2H3. The van der Waals surface area contributed by atoms with Gasteiger partial charge in [-0.1, -0.05) is 6.07 Å². The summed E-state index contributed by atoms with van der Waals surface area (Å²) >= 11 is 0. The van der Waals surface area contributed by atoms with Gasteiger partial charge in [0.2, 0.25) is 0 Å². The molecule has 4 nitrogen and oxygen atoms in total. The summed E-state index contributed by atoms with van der Waals surface area (Å²) in [6.07, 6.45) is 0. The number of hydrogen-bond acceptors (Lipinski definition) is 4. The van der Waals surface area contributed by atoms with E-state index in [0.717, 1.165) is 13.1 Å². The van der Waals surface area contributed by atoms with E-state index in [9.17, 15) is 4.39 Å². The number of nitrogens with one attached hydrogen (secondary N) is 1. The second kappa shape index (κ2) is 7.09. The van der Waals surface area contributed by atoms with Crippen molar-refractivity contribution >= 4 is 11.4 Å². The molecule has 0 bridgehead atoms. The van der Waals surface area contributed by atoms with Crippen molar-refractivity contribution in [3.63, 3.8) is 0 Å². The quantitative estimate of drug-likeness (QED) is 0.708. The van der Waals surface area contributed by atoms with Crippen molar-refractivity contribution in [2.24, 2.45) is 0 Å². The third-order valence-electron chi connectivity index (χ3n) is 2.54. The van der Waals surface area contributed by atoms with Crippen LogP contribution < -0.4 is 11.1 Å². The Labute approximate surface area is 102 Å². The molecule has 17 heavy (non-hydrogen) atoms. The van der Waals surface area contributed by atoms with Crippen molar-refractivity contribution < 1.29 is 9.13 Å². The normalized spacial score (nSPS) is 10.8. The number of nitrogens with two attached hydrogens (primary N) is 1. The van der Waals surface area contributed by atoms with Gasteiger partial charge in [0.25, 0.3) is 0 Å². The molecule has 0 atom stereocenters. The number of rotatable bonds is 7. The molecular weight excluding hydrogens is 221 g/mol. The summed E-state index contributed by atoms with van der Waals surface area (Å²) in [6.45, 7) is 3.14. The minimum Gasteiger partial charge on any atom is -0.395 e. The number of likely N-dealkylation sites (N-methyl/N-ethyl adjacent to an activating group) is 1. The van der Waals surface area contributed by atoms with Crippen LogP contribution in [0, 0.1) is 5.82 Å². The lowest BCUT2D eigenvalue weighted by atomic mass is 10.2. The van der Waals surface area contributed by atoms with E-state index in [0.29, 0.717) is 18.8 Å². The van der Waals surface area contributed by atoms with Gasteiger partial charge >= 0.3 is 0 Å². The zero-order valence-electron chi connectivity index (χ0n) is 10.4. The molecule has 0 heterocycles. The first-order valence-corrected chi connectivity index (χ1v) is 5.60. The number of benzene rings is 1. The number of para-hydroxylation sites is 1. The van der Waals surface area contributed by atoms with Gasteiger partial charge in [0.15, 0.2) is 0 Å². The SMILES string of the molecule is COCCN(C)CCNc1cccc(F)c1N. The van der Waals surface area contributed by atoms with Gasteiger partial charge in [0.1, 0.15) is 5.82 Å². The fourth-order valence-electron chi connectivity index (χ4n) is 1.43. The monoisotopic (exact) mass is 241 g/mol. The Balaban J connectivity index is 2.33. The van der Waals surface area contributed by atoms with Crippen LogP contribution in [0.5, 0.6) is 0 Å². The van der Waals surface area contributed by atoms with Gasteiger partial charge in [0, 0.05) is 26.7 Å². The fraction of sp³-hybridized carbons (Fsp3) is 0.500. The van der Waals surface area contributed by atoms with Crippen molar-refractivity contribution in [3.05, 3.63) is 24.0 Å². The molecule has 0 radical (unpaired) electrons. The third-order valence-corrected chi connectivity index (χ3v) is 2.54. The van der Waals surface area contributed by atoms with Crippen molar-refractivity contribution in [2.75, 3.05) is 51.4 Å². The van der Waals surface area contributed by atoms with Crippen LogP contribution in [0.2, 0.25) is 0 Å². The Morgan fingerprint density at radius 2 is 2.18 bits per heavy atom. The number of hydrogen-bond donors (Lipinski definition) is 2. The van der Waals surface area contributed by atoms with E-state index in [1.807, 2.05) is 7.05 Å². The molecule has 0 aromatic heterocycles. The zero-order chi connectivity index (χ0) is 12.7. The highest BCUT2D eigenvalue weighted by atomic mass is 19.1. The highest BCUT2D eigenvalue weighted by Crippen LogP contribution is 2.20. The number of ether oxygens (including phenoxy) is 1. The smallest absolute Gasteiger partial charge is 0.148 e. The first kappa shape index (κ1) is 13.7. The third kappa shape index (κ3) is 4.58. The Hall–Kier alpha value is -1.33. The van der Waals surface area contributed by atoms with Crippen molar-refractivity contribution in [1.29, 1.82) is 0 Å². The van der Waals surface area contributed by atoms with Gasteiger partial charge in [-0.05, 0) is 19.2 Å². The molecule has 0 aliphatic carbocycles. The summed E-state index contributed by atoms with van der Waals surface area (Å²) in [4.78, 5) is 2.13. The van der Waals surface area contributed by atoms with Gasteiger partial charge < -0.3 is 20.7 Å². The second-order valence-corrected chi connectivity index (χ2v) is 3.92. The Kier molecular flexibility index (Phi) is 5.72. The Morgan fingerprint density at radius 1 is 1.41 bits per heavy atom. The molecule has 0 fully saturated rings. The number of methoxy groups -OCH3 is 1. The number of halogens is 1. The van der Waals surface area contributed by atoms with Gasteiger partial charge in [-0.2, -0.15) is 0 Å². The maximum atomic E-state index is 13.1. The highest BCUT2D eigenvalue weighted by molar-refractivity contribution is 5.66. The van der Waals surface area contributed by atoms with Gasteiger partial charge in [-0.15, -0.1) is 0 Å². The minimum absolute atomic E-state index is 0.173. The summed E-state index contributed by atoms with van der Waals surface area (Å²) < 4.78 is 18.1. The van der Waals surface area contributed by atoms with Crippen LogP contribution in [-0.4, -0.2) is 45.3 Å². The van der Waals surface area contributed by atoms with E-state index in [-0.39, 0.29) is 11.5 Å². The molecule has 0 amide bonds. The van der Waals surface area contributed by atoms with E-state index in [1.165, 1.54) is 6.07 Å². The van der Waals surface area contributed by atoms with Crippen LogP contribution >= 0.6 is 0 Å². The van der Waals surface area contributed by atoms with Crippen LogP contribution in [0.3, 0.4) is 0 Å². The molecule has 0 saturated heterocycles. The van der Waals surface area contributed by atoms with Crippen LogP contribution in [0.15, 0.2) is 18.2 Å². The van der Waals surface area contributed by atoms with Crippen LogP contribution in [0.1, 0.15) is 0 Å². The average molecular weight is 241 g/mol. The summed E-state index contributed by atoms with van der Waals surface area (Å²) in [5, 5.41) is 3.11. The number of anilines is 2. The number of nitrogen functional groups attached to an aromatic ring is 1. The van der Waals surface area contributed by atoms with E-state index in [2.05, 4.69) is 10.2 Å². The number of nitrogens with zero attached hydrogens (tertiary/aromatic N) is 1. The molecule has 0 saturated carbocycles. The van der Waals surface area contributed by atoms with Crippen molar-refractivity contribution in [3.8, 4) is 0 Å². The molecule has 5 heteroatoms. The maximum absolute atomic E-state index is 13.1. The Morgan fingerprint density at radius 3 is 2.88 bits per heavy atom. The molecule has 0 unspecified atom stereocenters. The summed E-state index contributed by atoms with van der Waals surface area (Å²) in [6, 6.07) is 4.77. The Bertz CT molecular complexity index is 347. The topological polar surface area (TPSA) is 50.5 Å². The second-order valence-electron chi connectivity index (χ2n) is 3.92. The lowest BCUT2D eigenvalue weighted by Crippen LogP contribution is -2.28. The van der Waals surface area contributed by atoms with Gasteiger partial charge in [-0.25, -0.2) is 4.39 Å². The lowest BCUT2D eigenvalue weighted by molar-refractivity contribution is 0.163. The molecule has 96 valence electrons. The minimum atomic E-state index is -0.386. The largest absolute Gasteiger partial charge is 0.395 e.